The van der Waals surface area contributed by atoms with Crippen LogP contribution in [0.5, 0.6) is 0 Å². The van der Waals surface area contributed by atoms with E-state index in [1.807, 2.05) is 0 Å². The van der Waals surface area contributed by atoms with Gasteiger partial charge in [-0.15, -0.1) is 0 Å². The van der Waals surface area contributed by atoms with E-state index >= 15 is 0 Å². The molecule has 2 fully saturated rings. The van der Waals surface area contributed by atoms with Gasteiger partial charge >= 0.3 is 0 Å². The van der Waals surface area contributed by atoms with Crippen LogP contribution < -0.4 is 5.32 Å². The number of hydrogen-bond donors (Lipinski definition) is 2. The SMILES string of the molecule is OC1CC2CNC(C(F)F)C2C1. The molecule has 2 nitrogen and oxygen atoms in total. The first kappa shape index (κ1) is 8.38. The molecule has 1 aliphatic carbocycles. The summed E-state index contributed by atoms with van der Waals surface area (Å²) in [5.41, 5.74) is 0. The van der Waals surface area contributed by atoms with Crippen molar-refractivity contribution in [2.45, 2.75) is 31.4 Å². The Morgan fingerprint density at radius 3 is 2.75 bits per heavy atom. The fraction of sp³-hybridized carbons (Fsp3) is 1.00. The summed E-state index contributed by atoms with van der Waals surface area (Å²) in [6.07, 6.45) is -1.39. The molecule has 4 heteroatoms. The molecular formula is C8H13F2NO. The fourth-order valence-electron chi connectivity index (χ4n) is 2.52. The van der Waals surface area contributed by atoms with Crippen LogP contribution >= 0.6 is 0 Å². The van der Waals surface area contributed by atoms with Crippen molar-refractivity contribution in [3.63, 3.8) is 0 Å². The molecule has 0 bridgehead atoms. The molecule has 2 N–H and O–H groups in total. The normalized spacial score (nSPS) is 47.0. The standard InChI is InChI=1S/C8H13F2NO/c9-8(10)7-6-2-5(12)1-4(6)3-11-7/h4-8,11-12H,1-3H2. The van der Waals surface area contributed by atoms with E-state index < -0.39 is 12.5 Å². The van der Waals surface area contributed by atoms with Crippen molar-refractivity contribution in [1.82, 2.24) is 5.32 Å². The predicted octanol–water partition coefficient (Wildman–Crippen LogP) is 0.610. The smallest absolute Gasteiger partial charge is 0.253 e. The minimum atomic E-state index is -2.29. The Labute approximate surface area is 70.0 Å². The molecule has 0 aromatic heterocycles. The molecule has 1 saturated heterocycles. The van der Waals surface area contributed by atoms with Crippen LogP contribution in [0.4, 0.5) is 8.78 Å². The lowest BCUT2D eigenvalue weighted by molar-refractivity contribution is 0.0789. The van der Waals surface area contributed by atoms with E-state index in [2.05, 4.69) is 5.32 Å². The summed E-state index contributed by atoms with van der Waals surface area (Å²) in [5.74, 6) is 0.277. The molecule has 0 aromatic carbocycles. The van der Waals surface area contributed by atoms with Gasteiger partial charge in [0.15, 0.2) is 0 Å². The van der Waals surface area contributed by atoms with E-state index in [1.165, 1.54) is 0 Å². The number of aliphatic hydroxyl groups is 1. The molecule has 0 aromatic rings. The minimum absolute atomic E-state index is 0.000000000000000222. The van der Waals surface area contributed by atoms with Crippen molar-refractivity contribution in [3.05, 3.63) is 0 Å². The summed E-state index contributed by atoms with van der Waals surface area (Å²) in [5, 5.41) is 12.1. The molecule has 1 aliphatic heterocycles. The quantitative estimate of drug-likeness (QED) is 0.615. The lowest BCUT2D eigenvalue weighted by Crippen LogP contribution is -2.34. The van der Waals surface area contributed by atoms with Gasteiger partial charge in [0.25, 0.3) is 6.43 Å². The highest BCUT2D eigenvalue weighted by atomic mass is 19.3. The highest BCUT2D eigenvalue weighted by Gasteiger charge is 2.46. The van der Waals surface area contributed by atoms with Gasteiger partial charge in [0, 0.05) is 0 Å². The third kappa shape index (κ3) is 1.23. The van der Waals surface area contributed by atoms with E-state index in [0.717, 1.165) is 0 Å². The third-order valence-corrected chi connectivity index (χ3v) is 3.07. The number of rotatable bonds is 1. The van der Waals surface area contributed by atoms with Gasteiger partial charge in [0.05, 0.1) is 12.1 Å². The molecule has 1 heterocycles. The average molecular weight is 177 g/mol. The van der Waals surface area contributed by atoms with Gasteiger partial charge in [-0.3, -0.25) is 0 Å². The van der Waals surface area contributed by atoms with E-state index in [0.29, 0.717) is 19.4 Å². The molecule has 2 aliphatic rings. The van der Waals surface area contributed by atoms with Crippen molar-refractivity contribution in [3.8, 4) is 0 Å². The molecule has 0 amide bonds. The molecule has 4 atom stereocenters. The Kier molecular flexibility index (Phi) is 2.04. The summed E-state index contributed by atoms with van der Waals surface area (Å²) >= 11 is 0. The number of nitrogens with one attached hydrogen (secondary N) is 1. The predicted molar refractivity (Wildman–Crippen MR) is 40.0 cm³/mol. The monoisotopic (exact) mass is 177 g/mol. The first-order chi connectivity index (χ1) is 5.68. The Hall–Kier alpha value is -0.220. The first-order valence-electron chi connectivity index (χ1n) is 4.38. The van der Waals surface area contributed by atoms with Crippen LogP contribution in [0, 0.1) is 11.8 Å². The van der Waals surface area contributed by atoms with Crippen molar-refractivity contribution < 1.29 is 13.9 Å². The van der Waals surface area contributed by atoms with Crippen LogP contribution in [0.25, 0.3) is 0 Å². The van der Waals surface area contributed by atoms with Gasteiger partial charge in [-0.1, -0.05) is 0 Å². The van der Waals surface area contributed by atoms with Crippen LogP contribution in [0.1, 0.15) is 12.8 Å². The second-order valence-electron chi connectivity index (χ2n) is 3.82. The number of aliphatic hydroxyl groups excluding tert-OH is 1. The molecule has 0 radical (unpaired) electrons. The van der Waals surface area contributed by atoms with Crippen molar-refractivity contribution in [1.29, 1.82) is 0 Å². The summed E-state index contributed by atoms with van der Waals surface area (Å²) in [4.78, 5) is 0. The third-order valence-electron chi connectivity index (χ3n) is 3.07. The lowest BCUT2D eigenvalue weighted by atomic mass is 9.94. The fourth-order valence-corrected chi connectivity index (χ4v) is 2.52. The Bertz CT molecular complexity index is 176. The molecular weight excluding hydrogens is 164 g/mol. The Balaban J connectivity index is 2.03. The van der Waals surface area contributed by atoms with Crippen LogP contribution in [0.15, 0.2) is 0 Å². The highest BCUT2D eigenvalue weighted by molar-refractivity contribution is 4.98. The topological polar surface area (TPSA) is 32.3 Å². The van der Waals surface area contributed by atoms with E-state index in [4.69, 9.17) is 0 Å². The second-order valence-corrected chi connectivity index (χ2v) is 3.82. The van der Waals surface area contributed by atoms with Crippen LogP contribution in [-0.2, 0) is 0 Å². The van der Waals surface area contributed by atoms with Gasteiger partial charge in [-0.25, -0.2) is 8.78 Å². The van der Waals surface area contributed by atoms with Crippen molar-refractivity contribution in [2.24, 2.45) is 11.8 Å². The minimum Gasteiger partial charge on any atom is -0.393 e. The van der Waals surface area contributed by atoms with Gasteiger partial charge in [-0.05, 0) is 31.2 Å². The van der Waals surface area contributed by atoms with Gasteiger partial charge in [0.2, 0.25) is 0 Å². The molecule has 4 unspecified atom stereocenters. The molecule has 0 spiro atoms. The van der Waals surface area contributed by atoms with Crippen molar-refractivity contribution >= 4 is 0 Å². The molecule has 1 saturated carbocycles. The first-order valence-corrected chi connectivity index (χ1v) is 4.38. The van der Waals surface area contributed by atoms with E-state index in [1.54, 1.807) is 0 Å². The lowest BCUT2D eigenvalue weighted by Gasteiger charge is -2.16. The summed E-state index contributed by atoms with van der Waals surface area (Å²) < 4.78 is 24.7. The van der Waals surface area contributed by atoms with E-state index in [-0.39, 0.29) is 17.9 Å². The highest BCUT2D eigenvalue weighted by Crippen LogP contribution is 2.39. The zero-order chi connectivity index (χ0) is 8.72. The summed E-state index contributed by atoms with van der Waals surface area (Å²) in [7, 11) is 0. The Morgan fingerprint density at radius 2 is 2.08 bits per heavy atom. The largest absolute Gasteiger partial charge is 0.393 e. The maximum absolute atomic E-state index is 12.4. The number of hydrogen-bond acceptors (Lipinski definition) is 2. The van der Waals surface area contributed by atoms with Gasteiger partial charge < -0.3 is 10.4 Å². The molecule has 2 rings (SSSR count). The van der Waals surface area contributed by atoms with Gasteiger partial charge in [-0.2, -0.15) is 0 Å². The van der Waals surface area contributed by atoms with Crippen LogP contribution in [0.2, 0.25) is 0 Å². The van der Waals surface area contributed by atoms with Gasteiger partial charge in [0.1, 0.15) is 0 Å². The Morgan fingerprint density at radius 1 is 1.33 bits per heavy atom. The van der Waals surface area contributed by atoms with Crippen molar-refractivity contribution in [2.75, 3.05) is 6.54 Å². The maximum atomic E-state index is 12.4. The number of alkyl halides is 2. The van der Waals surface area contributed by atoms with E-state index in [9.17, 15) is 13.9 Å². The number of fused-ring (bicyclic) bond motifs is 1. The van der Waals surface area contributed by atoms with Crippen LogP contribution in [0.3, 0.4) is 0 Å². The number of halogens is 2. The van der Waals surface area contributed by atoms with Crippen LogP contribution in [-0.4, -0.2) is 30.2 Å². The second kappa shape index (κ2) is 2.92. The average Bonchev–Trinajstić information content (AvgIpc) is 2.43. The zero-order valence-electron chi connectivity index (χ0n) is 6.71. The summed E-state index contributed by atoms with van der Waals surface area (Å²) in [6, 6.07) is -0.674. The summed E-state index contributed by atoms with van der Waals surface area (Å²) in [6.45, 7) is 0.650. The molecule has 70 valence electrons. The maximum Gasteiger partial charge on any atom is 0.253 e. The molecule has 12 heavy (non-hydrogen) atoms. The zero-order valence-corrected chi connectivity index (χ0v) is 6.71.